The molecule has 3 aromatic rings. The van der Waals surface area contributed by atoms with Crippen LogP contribution in [-0.4, -0.2) is 19.1 Å². The highest BCUT2D eigenvalue weighted by atomic mass is 32.2. The van der Waals surface area contributed by atoms with Crippen molar-refractivity contribution in [3.8, 4) is 10.4 Å². The van der Waals surface area contributed by atoms with Gasteiger partial charge in [0, 0.05) is 21.8 Å². The molecular formula is C23H26N2O3S2. The molecular weight excluding hydrogens is 416 g/mol. The van der Waals surface area contributed by atoms with E-state index in [2.05, 4.69) is 34.5 Å². The average Bonchev–Trinajstić information content (AvgIpc) is 3.09. The first-order chi connectivity index (χ1) is 14.0. The number of thiophene rings is 1. The Balaban J connectivity index is 1.72. The van der Waals surface area contributed by atoms with Crippen molar-refractivity contribution in [3.05, 3.63) is 70.6 Å². The zero-order valence-corrected chi connectivity index (χ0v) is 19.4. The van der Waals surface area contributed by atoms with Crippen LogP contribution in [0.2, 0.25) is 0 Å². The number of carbonyl (C=O) groups is 1. The fourth-order valence-electron chi connectivity index (χ4n) is 2.73. The second kappa shape index (κ2) is 8.24. The molecule has 0 unspecified atom stereocenters. The minimum Gasteiger partial charge on any atom is -0.322 e. The van der Waals surface area contributed by atoms with E-state index in [1.165, 1.54) is 10.4 Å². The Hall–Kier alpha value is -2.64. The number of carbonyl (C=O) groups excluding carboxylic acids is 1. The number of aryl methyl sites for hydroxylation is 2. The lowest BCUT2D eigenvalue weighted by Crippen LogP contribution is -2.33. The predicted molar refractivity (Wildman–Crippen MR) is 126 cm³/mol. The molecule has 0 aliphatic rings. The smallest absolute Gasteiger partial charge is 0.255 e. The van der Waals surface area contributed by atoms with E-state index >= 15 is 0 Å². The quantitative estimate of drug-likeness (QED) is 0.522. The molecule has 3 rings (SSSR count). The molecule has 0 aliphatic carbocycles. The van der Waals surface area contributed by atoms with Crippen LogP contribution in [0.1, 0.15) is 42.3 Å². The summed E-state index contributed by atoms with van der Waals surface area (Å²) in [6, 6.07) is 14.5. The fourth-order valence-corrected chi connectivity index (χ4v) is 4.38. The molecule has 1 amide bonds. The van der Waals surface area contributed by atoms with Crippen LogP contribution in [0, 0.1) is 13.8 Å². The van der Waals surface area contributed by atoms with Crippen molar-refractivity contribution in [2.45, 2.75) is 39.4 Å². The molecule has 0 saturated carbocycles. The molecule has 0 atom stereocenters. The van der Waals surface area contributed by atoms with E-state index < -0.39 is 14.8 Å². The van der Waals surface area contributed by atoms with Crippen LogP contribution in [0.15, 0.2) is 53.9 Å². The Morgan fingerprint density at radius 2 is 1.63 bits per heavy atom. The molecule has 0 bridgehead atoms. The zero-order chi connectivity index (χ0) is 22.1. The summed E-state index contributed by atoms with van der Waals surface area (Å²) in [6.07, 6.45) is 0. The number of hydrogen-bond acceptors (Lipinski definition) is 4. The summed E-state index contributed by atoms with van der Waals surface area (Å²) < 4.78 is 26.1. The van der Waals surface area contributed by atoms with E-state index in [1.807, 2.05) is 19.1 Å². The third kappa shape index (κ3) is 4.91. The first-order valence-corrected chi connectivity index (χ1v) is 11.9. The van der Waals surface area contributed by atoms with Crippen molar-refractivity contribution >= 4 is 38.6 Å². The second-order valence-corrected chi connectivity index (χ2v) is 11.6. The molecule has 2 aromatic carbocycles. The molecule has 2 N–H and O–H groups in total. The minimum atomic E-state index is -3.51. The summed E-state index contributed by atoms with van der Waals surface area (Å²) >= 11 is 1.70. The van der Waals surface area contributed by atoms with E-state index in [-0.39, 0.29) is 5.91 Å². The third-order valence-corrected chi connectivity index (χ3v) is 7.91. The minimum absolute atomic E-state index is 0.247. The van der Waals surface area contributed by atoms with Crippen molar-refractivity contribution in [3.63, 3.8) is 0 Å². The molecule has 1 heterocycles. The van der Waals surface area contributed by atoms with Gasteiger partial charge in [0.2, 0.25) is 10.0 Å². The van der Waals surface area contributed by atoms with Crippen molar-refractivity contribution in [2.75, 3.05) is 10.0 Å². The highest BCUT2D eigenvalue weighted by molar-refractivity contribution is 7.94. The average molecular weight is 443 g/mol. The lowest BCUT2D eigenvalue weighted by Gasteiger charge is -2.20. The van der Waals surface area contributed by atoms with E-state index in [0.29, 0.717) is 11.3 Å². The van der Waals surface area contributed by atoms with Gasteiger partial charge in [-0.05, 0) is 99.2 Å². The predicted octanol–water partition coefficient (Wildman–Crippen LogP) is 5.82. The van der Waals surface area contributed by atoms with Crippen LogP contribution in [0.4, 0.5) is 11.4 Å². The molecule has 0 spiro atoms. The number of nitrogens with one attached hydrogen (secondary N) is 2. The fraction of sp³-hybridized carbons (Fsp3) is 0.261. The molecule has 7 heteroatoms. The molecule has 0 saturated heterocycles. The van der Waals surface area contributed by atoms with Crippen molar-refractivity contribution < 1.29 is 13.2 Å². The number of anilines is 2. The van der Waals surface area contributed by atoms with Crippen molar-refractivity contribution in [1.29, 1.82) is 0 Å². The van der Waals surface area contributed by atoms with Gasteiger partial charge in [0.25, 0.3) is 5.91 Å². The summed E-state index contributed by atoms with van der Waals surface area (Å²) in [6.45, 7) is 8.92. The normalized spacial score (nSPS) is 11.9. The van der Waals surface area contributed by atoms with E-state index in [0.717, 1.165) is 16.8 Å². The molecule has 158 valence electrons. The van der Waals surface area contributed by atoms with Crippen LogP contribution in [0.3, 0.4) is 0 Å². The van der Waals surface area contributed by atoms with Crippen LogP contribution in [0.25, 0.3) is 10.4 Å². The number of rotatable bonds is 5. The van der Waals surface area contributed by atoms with E-state index in [1.54, 1.807) is 56.4 Å². The monoisotopic (exact) mass is 442 g/mol. The first kappa shape index (κ1) is 22.1. The van der Waals surface area contributed by atoms with E-state index in [9.17, 15) is 13.2 Å². The Morgan fingerprint density at radius 1 is 0.967 bits per heavy atom. The lowest BCUT2D eigenvalue weighted by molar-refractivity contribution is 0.102. The van der Waals surface area contributed by atoms with Crippen molar-refractivity contribution in [2.24, 2.45) is 0 Å². The lowest BCUT2D eigenvalue weighted by atomic mass is 10.1. The van der Waals surface area contributed by atoms with Crippen LogP contribution >= 0.6 is 11.3 Å². The molecule has 1 aromatic heterocycles. The molecule has 0 fully saturated rings. The van der Waals surface area contributed by atoms with Gasteiger partial charge in [-0.3, -0.25) is 9.52 Å². The number of hydrogen-bond donors (Lipinski definition) is 2. The number of sulfonamides is 1. The van der Waals surface area contributed by atoms with Gasteiger partial charge in [0.15, 0.2) is 0 Å². The van der Waals surface area contributed by atoms with Gasteiger partial charge in [0.05, 0.1) is 4.75 Å². The first-order valence-electron chi connectivity index (χ1n) is 9.56. The summed E-state index contributed by atoms with van der Waals surface area (Å²) in [5.41, 5.74) is 4.95. The maximum atomic E-state index is 12.6. The number of amides is 1. The summed E-state index contributed by atoms with van der Waals surface area (Å²) in [4.78, 5) is 13.8. The number of benzene rings is 2. The van der Waals surface area contributed by atoms with Gasteiger partial charge >= 0.3 is 0 Å². The molecule has 0 radical (unpaired) electrons. The van der Waals surface area contributed by atoms with Gasteiger partial charge in [-0.25, -0.2) is 8.42 Å². The van der Waals surface area contributed by atoms with Gasteiger partial charge in [0.1, 0.15) is 0 Å². The third-order valence-electron chi connectivity index (χ3n) is 4.70. The molecule has 0 aliphatic heterocycles. The maximum Gasteiger partial charge on any atom is 0.255 e. The SMILES string of the molecule is Cc1csc(-c2ccc(NC(=O)c3ccc(NS(=O)(=O)C(C)(C)C)cc3)c(C)c2)c1. The van der Waals surface area contributed by atoms with Gasteiger partial charge in [-0.2, -0.15) is 0 Å². The van der Waals surface area contributed by atoms with Gasteiger partial charge < -0.3 is 5.32 Å². The Bertz CT molecular complexity index is 1170. The van der Waals surface area contributed by atoms with Gasteiger partial charge in [-0.15, -0.1) is 11.3 Å². The van der Waals surface area contributed by atoms with E-state index in [4.69, 9.17) is 0 Å². The van der Waals surface area contributed by atoms with Crippen LogP contribution in [0.5, 0.6) is 0 Å². The van der Waals surface area contributed by atoms with Crippen LogP contribution in [-0.2, 0) is 10.0 Å². The Labute approximate surface area is 182 Å². The van der Waals surface area contributed by atoms with Crippen molar-refractivity contribution in [1.82, 2.24) is 0 Å². The molecule has 5 nitrogen and oxygen atoms in total. The Kier molecular flexibility index (Phi) is 6.06. The van der Waals surface area contributed by atoms with Crippen LogP contribution < -0.4 is 10.0 Å². The second-order valence-electron chi connectivity index (χ2n) is 8.27. The highest BCUT2D eigenvalue weighted by Crippen LogP contribution is 2.30. The highest BCUT2D eigenvalue weighted by Gasteiger charge is 2.28. The van der Waals surface area contributed by atoms with Gasteiger partial charge in [-0.1, -0.05) is 6.07 Å². The summed E-state index contributed by atoms with van der Waals surface area (Å²) in [7, 11) is -3.51. The topological polar surface area (TPSA) is 75.3 Å². The standard InChI is InChI=1S/C23H26N2O3S2/c1-15-12-21(29-14-15)18-8-11-20(16(2)13-18)24-22(26)17-6-9-19(10-7-17)25-30(27,28)23(3,4)5/h6-14,25H,1-5H3,(H,24,26). The Morgan fingerprint density at radius 3 is 2.17 bits per heavy atom. The largest absolute Gasteiger partial charge is 0.322 e. The molecule has 30 heavy (non-hydrogen) atoms. The summed E-state index contributed by atoms with van der Waals surface area (Å²) in [5, 5.41) is 5.04. The zero-order valence-electron chi connectivity index (χ0n) is 17.7. The summed E-state index contributed by atoms with van der Waals surface area (Å²) in [5.74, 6) is -0.247. The maximum absolute atomic E-state index is 12.6.